The lowest BCUT2D eigenvalue weighted by Crippen LogP contribution is -2.31. The highest BCUT2D eigenvalue weighted by Crippen LogP contribution is 2.24. The monoisotopic (exact) mass is 331 g/mol. The highest BCUT2D eigenvalue weighted by Gasteiger charge is 2.25. The number of nitrogens with zero attached hydrogens (tertiary/aromatic N) is 2. The average Bonchev–Trinajstić information content (AvgIpc) is 2.78. The van der Waals surface area contributed by atoms with Gasteiger partial charge < -0.3 is 15.2 Å². The van der Waals surface area contributed by atoms with E-state index in [1.807, 2.05) is 37.3 Å². The van der Waals surface area contributed by atoms with Crippen molar-refractivity contribution in [2.45, 2.75) is 32.9 Å². The molecule has 1 aromatic heterocycles. The fourth-order valence-corrected chi connectivity index (χ4v) is 2.60. The minimum absolute atomic E-state index is 0.122. The zero-order valence-electron chi connectivity index (χ0n) is 13.9. The fourth-order valence-electron chi connectivity index (χ4n) is 2.60. The maximum absolute atomic E-state index is 12.1. The van der Waals surface area contributed by atoms with E-state index < -0.39 is 18.1 Å². The summed E-state index contributed by atoms with van der Waals surface area (Å²) in [5.74, 6) is -1.01. The van der Waals surface area contributed by atoms with Crippen molar-refractivity contribution in [1.82, 2.24) is 15.1 Å². The molecule has 1 amide bonds. The molecule has 0 saturated carbocycles. The number of aromatic nitrogens is 2. The molecule has 0 aliphatic heterocycles. The minimum atomic E-state index is -1.01. The molecule has 24 heavy (non-hydrogen) atoms. The van der Waals surface area contributed by atoms with Gasteiger partial charge in [-0.25, -0.2) is 4.79 Å². The first kappa shape index (κ1) is 17.5. The van der Waals surface area contributed by atoms with Gasteiger partial charge in [0.2, 0.25) is 0 Å². The van der Waals surface area contributed by atoms with Crippen LogP contribution in [0.3, 0.4) is 0 Å². The number of nitrogens with one attached hydrogen (secondary N) is 1. The summed E-state index contributed by atoms with van der Waals surface area (Å²) in [7, 11) is 1.78. The minimum Gasteiger partial charge on any atom is -0.481 e. The van der Waals surface area contributed by atoms with E-state index in [1.54, 1.807) is 18.7 Å². The molecule has 0 aliphatic rings. The maximum atomic E-state index is 12.1. The highest BCUT2D eigenvalue weighted by molar-refractivity contribution is 5.72. The van der Waals surface area contributed by atoms with Crippen molar-refractivity contribution >= 4 is 12.1 Å². The van der Waals surface area contributed by atoms with Gasteiger partial charge in [0.05, 0.1) is 18.2 Å². The van der Waals surface area contributed by atoms with Crippen LogP contribution in [0.15, 0.2) is 30.3 Å². The van der Waals surface area contributed by atoms with Crippen LogP contribution in [0.25, 0.3) is 0 Å². The summed E-state index contributed by atoms with van der Waals surface area (Å²) in [6.45, 7) is 3.74. The topological polar surface area (TPSA) is 93.5 Å². The second-order valence-corrected chi connectivity index (χ2v) is 5.56. The van der Waals surface area contributed by atoms with Crippen molar-refractivity contribution in [1.29, 1.82) is 0 Å². The predicted molar refractivity (Wildman–Crippen MR) is 87.4 cm³/mol. The quantitative estimate of drug-likeness (QED) is 0.848. The Kier molecular flexibility index (Phi) is 5.57. The lowest BCUT2D eigenvalue weighted by molar-refractivity contribution is -0.137. The van der Waals surface area contributed by atoms with Gasteiger partial charge in [0.25, 0.3) is 0 Å². The summed E-state index contributed by atoms with van der Waals surface area (Å²) in [5.41, 5.74) is 3.06. The number of benzene rings is 1. The summed E-state index contributed by atoms with van der Waals surface area (Å²) in [6.07, 6.45) is -0.902. The molecule has 0 unspecified atom stereocenters. The number of amides is 1. The van der Waals surface area contributed by atoms with Gasteiger partial charge in [-0.05, 0) is 19.4 Å². The van der Waals surface area contributed by atoms with Crippen LogP contribution in [-0.2, 0) is 23.2 Å². The van der Waals surface area contributed by atoms with Crippen molar-refractivity contribution in [3.05, 3.63) is 52.8 Å². The van der Waals surface area contributed by atoms with Gasteiger partial charge in [0.1, 0.15) is 6.61 Å². The summed E-state index contributed by atoms with van der Waals surface area (Å²) < 4.78 is 6.84. The molecule has 7 heteroatoms. The van der Waals surface area contributed by atoms with E-state index in [2.05, 4.69) is 10.4 Å². The number of aliphatic carboxylic acids is 1. The normalized spacial score (nSPS) is 11.8. The third kappa shape index (κ3) is 4.34. The summed E-state index contributed by atoms with van der Waals surface area (Å²) in [4.78, 5) is 23.2. The zero-order chi connectivity index (χ0) is 17.7. The third-order valence-corrected chi connectivity index (χ3v) is 3.80. The number of carbonyl (C=O) groups excluding carboxylic acids is 1. The number of ether oxygens (including phenoxy) is 1. The Labute approximate surface area is 140 Å². The van der Waals surface area contributed by atoms with Gasteiger partial charge in [0.15, 0.2) is 0 Å². The Morgan fingerprint density at radius 2 is 1.96 bits per heavy atom. The molecular formula is C17H21N3O4. The number of carboxylic acid groups (broad SMARTS) is 1. The Balaban J connectivity index is 2.08. The van der Waals surface area contributed by atoms with Crippen LogP contribution in [0.5, 0.6) is 0 Å². The molecule has 7 nitrogen and oxygen atoms in total. The van der Waals surface area contributed by atoms with Crippen LogP contribution >= 0.6 is 0 Å². The Morgan fingerprint density at radius 3 is 2.50 bits per heavy atom. The first-order valence-electron chi connectivity index (χ1n) is 7.57. The third-order valence-electron chi connectivity index (χ3n) is 3.80. The molecule has 1 atom stereocenters. The van der Waals surface area contributed by atoms with Crippen LogP contribution < -0.4 is 5.32 Å². The van der Waals surface area contributed by atoms with Gasteiger partial charge in [-0.3, -0.25) is 9.48 Å². The SMILES string of the molecule is Cc1nn(C)c(C)c1[C@@H](CC(=O)O)NC(=O)OCc1ccccc1. The number of carboxylic acids is 1. The van der Waals surface area contributed by atoms with Crippen molar-refractivity contribution in [3.63, 3.8) is 0 Å². The summed E-state index contributed by atoms with van der Waals surface area (Å²) in [5, 5.41) is 16.0. The molecule has 0 bridgehead atoms. The first-order chi connectivity index (χ1) is 11.4. The summed E-state index contributed by atoms with van der Waals surface area (Å²) >= 11 is 0. The molecule has 1 aromatic carbocycles. The van der Waals surface area contributed by atoms with Crippen LogP contribution in [0.4, 0.5) is 4.79 Å². The van der Waals surface area contributed by atoms with Crippen LogP contribution in [0.2, 0.25) is 0 Å². The average molecular weight is 331 g/mol. The lowest BCUT2D eigenvalue weighted by atomic mass is 10.0. The largest absolute Gasteiger partial charge is 0.481 e. The Hall–Kier alpha value is -2.83. The molecule has 1 heterocycles. The molecule has 0 fully saturated rings. The molecule has 0 radical (unpaired) electrons. The van der Waals surface area contributed by atoms with Gasteiger partial charge in [-0.1, -0.05) is 30.3 Å². The second-order valence-electron chi connectivity index (χ2n) is 5.56. The number of rotatable bonds is 6. The Morgan fingerprint density at radius 1 is 1.29 bits per heavy atom. The second kappa shape index (κ2) is 7.63. The highest BCUT2D eigenvalue weighted by atomic mass is 16.5. The number of aryl methyl sites for hydroxylation is 2. The van der Waals surface area contributed by atoms with Crippen molar-refractivity contribution in [2.24, 2.45) is 7.05 Å². The van der Waals surface area contributed by atoms with E-state index in [1.165, 1.54) is 0 Å². The molecule has 128 valence electrons. The standard InChI is InChI=1S/C17H21N3O4/c1-11-16(12(2)20(3)19-11)14(9-15(21)22)18-17(23)24-10-13-7-5-4-6-8-13/h4-8,14H,9-10H2,1-3H3,(H,18,23)(H,21,22)/t14-/m1/s1. The first-order valence-corrected chi connectivity index (χ1v) is 7.57. The van der Waals surface area contributed by atoms with Crippen molar-refractivity contribution < 1.29 is 19.4 Å². The molecule has 0 saturated heterocycles. The molecule has 2 N–H and O–H groups in total. The lowest BCUT2D eigenvalue weighted by Gasteiger charge is -2.18. The molecular weight excluding hydrogens is 310 g/mol. The van der Waals surface area contributed by atoms with E-state index in [0.717, 1.165) is 11.3 Å². The van der Waals surface area contributed by atoms with E-state index in [0.29, 0.717) is 11.3 Å². The predicted octanol–water partition coefficient (Wildman–Crippen LogP) is 2.48. The van der Waals surface area contributed by atoms with Crippen LogP contribution in [0.1, 0.15) is 35.0 Å². The van der Waals surface area contributed by atoms with E-state index in [-0.39, 0.29) is 13.0 Å². The van der Waals surface area contributed by atoms with Gasteiger partial charge >= 0.3 is 12.1 Å². The van der Waals surface area contributed by atoms with Gasteiger partial charge in [-0.15, -0.1) is 0 Å². The number of hydrogen-bond donors (Lipinski definition) is 2. The van der Waals surface area contributed by atoms with E-state index in [4.69, 9.17) is 9.84 Å². The molecule has 2 rings (SSSR count). The van der Waals surface area contributed by atoms with E-state index >= 15 is 0 Å². The number of alkyl carbamates (subject to hydrolysis) is 1. The smallest absolute Gasteiger partial charge is 0.407 e. The number of carbonyl (C=O) groups is 2. The number of hydrogen-bond acceptors (Lipinski definition) is 4. The molecule has 0 spiro atoms. The van der Waals surface area contributed by atoms with Gasteiger partial charge in [0, 0.05) is 18.3 Å². The Bertz CT molecular complexity index is 725. The van der Waals surface area contributed by atoms with Crippen molar-refractivity contribution in [3.8, 4) is 0 Å². The fraction of sp³-hybridized carbons (Fsp3) is 0.353. The zero-order valence-corrected chi connectivity index (χ0v) is 13.9. The molecule has 2 aromatic rings. The maximum Gasteiger partial charge on any atom is 0.407 e. The van der Waals surface area contributed by atoms with E-state index in [9.17, 15) is 9.59 Å². The van der Waals surface area contributed by atoms with Crippen LogP contribution in [-0.4, -0.2) is 26.9 Å². The van der Waals surface area contributed by atoms with Crippen molar-refractivity contribution in [2.75, 3.05) is 0 Å². The molecule has 0 aliphatic carbocycles. The van der Waals surface area contributed by atoms with Crippen LogP contribution in [0, 0.1) is 13.8 Å². The summed E-state index contributed by atoms with van der Waals surface area (Å²) in [6, 6.07) is 8.58. The van der Waals surface area contributed by atoms with Gasteiger partial charge in [-0.2, -0.15) is 5.10 Å².